The van der Waals surface area contributed by atoms with E-state index in [1.165, 1.54) is 77.0 Å². The third-order valence-electron chi connectivity index (χ3n) is 11.1. The van der Waals surface area contributed by atoms with Gasteiger partial charge < -0.3 is 14.2 Å². The fraction of sp³-hybridized carbons (Fsp3) is 0.623. The van der Waals surface area contributed by atoms with Crippen LogP contribution < -0.4 is 0 Å². The SMILES string of the molecule is CC\C=C/C=C\C=C/C=C\C=C/CCCCCC(=O)OC(COC(=O)CCCCCCCC/C=C\C=C/CCCCC)COC(=O)CCCCCCCCCCC/C=C\C/C=C\C/C=C\CC. The van der Waals surface area contributed by atoms with Gasteiger partial charge in [0.15, 0.2) is 6.10 Å². The van der Waals surface area contributed by atoms with E-state index < -0.39 is 6.10 Å². The first-order valence-corrected chi connectivity index (χ1v) is 27.1. The number of carbonyl (C=O) groups excluding carboxylic acids is 3. The normalized spacial score (nSPS) is 13.1. The van der Waals surface area contributed by atoms with Crippen molar-refractivity contribution in [3.63, 3.8) is 0 Å². The van der Waals surface area contributed by atoms with Crippen LogP contribution in [0.25, 0.3) is 0 Å². The van der Waals surface area contributed by atoms with Gasteiger partial charge in [-0.2, -0.15) is 0 Å². The van der Waals surface area contributed by atoms with Crippen molar-refractivity contribution in [3.8, 4) is 0 Å². The van der Waals surface area contributed by atoms with Crippen molar-refractivity contribution < 1.29 is 28.6 Å². The predicted octanol–water partition coefficient (Wildman–Crippen LogP) is 18.1. The van der Waals surface area contributed by atoms with E-state index in [0.29, 0.717) is 19.3 Å². The van der Waals surface area contributed by atoms with Gasteiger partial charge in [-0.15, -0.1) is 0 Å². The van der Waals surface area contributed by atoms with Crippen LogP contribution in [0, 0.1) is 0 Å². The monoisotopic (exact) mass is 927 g/mol. The molecule has 67 heavy (non-hydrogen) atoms. The molecular weight excluding hydrogens is 829 g/mol. The quantitative estimate of drug-likeness (QED) is 0.0199. The number of unbranched alkanes of at least 4 members (excludes halogenated alkanes) is 21. The second-order valence-corrected chi connectivity index (χ2v) is 17.5. The first kappa shape index (κ1) is 62.8. The number of esters is 3. The lowest BCUT2D eigenvalue weighted by Crippen LogP contribution is -2.30. The van der Waals surface area contributed by atoms with Gasteiger partial charge in [-0.1, -0.05) is 232 Å². The molecular formula is C61H98O6. The van der Waals surface area contributed by atoms with Crippen molar-refractivity contribution >= 4 is 17.9 Å². The maximum atomic E-state index is 12.8. The van der Waals surface area contributed by atoms with Crippen molar-refractivity contribution in [2.24, 2.45) is 0 Å². The lowest BCUT2D eigenvalue weighted by atomic mass is 10.1. The molecule has 378 valence electrons. The van der Waals surface area contributed by atoms with Gasteiger partial charge >= 0.3 is 17.9 Å². The summed E-state index contributed by atoms with van der Waals surface area (Å²) < 4.78 is 16.8. The second-order valence-electron chi connectivity index (χ2n) is 17.5. The third kappa shape index (κ3) is 52.6. The molecule has 0 rings (SSSR count). The van der Waals surface area contributed by atoms with Gasteiger partial charge in [-0.3, -0.25) is 14.4 Å². The maximum absolute atomic E-state index is 12.8. The minimum Gasteiger partial charge on any atom is -0.462 e. The van der Waals surface area contributed by atoms with Gasteiger partial charge in [0.05, 0.1) is 0 Å². The fourth-order valence-electron chi connectivity index (χ4n) is 7.06. The van der Waals surface area contributed by atoms with Gasteiger partial charge in [0.1, 0.15) is 13.2 Å². The van der Waals surface area contributed by atoms with E-state index in [9.17, 15) is 14.4 Å². The molecule has 0 bridgehead atoms. The summed E-state index contributed by atoms with van der Waals surface area (Å²) in [7, 11) is 0. The summed E-state index contributed by atoms with van der Waals surface area (Å²) in [6.45, 7) is 6.30. The van der Waals surface area contributed by atoms with Crippen molar-refractivity contribution in [3.05, 3.63) is 122 Å². The van der Waals surface area contributed by atoms with Gasteiger partial charge in [-0.25, -0.2) is 0 Å². The Labute approximate surface area is 412 Å². The minimum absolute atomic E-state index is 0.105. The molecule has 0 aromatic rings. The summed E-state index contributed by atoms with van der Waals surface area (Å²) in [6, 6.07) is 0. The zero-order chi connectivity index (χ0) is 48.6. The van der Waals surface area contributed by atoms with Crippen LogP contribution in [0.5, 0.6) is 0 Å². The smallest absolute Gasteiger partial charge is 0.306 e. The Bertz CT molecular complexity index is 1440. The van der Waals surface area contributed by atoms with Gasteiger partial charge in [0.2, 0.25) is 0 Å². The summed E-state index contributed by atoms with van der Waals surface area (Å²) in [6.07, 6.45) is 74.6. The highest BCUT2D eigenvalue weighted by Crippen LogP contribution is 2.14. The Morgan fingerprint density at radius 1 is 0.328 bits per heavy atom. The van der Waals surface area contributed by atoms with Crippen LogP contribution in [0.2, 0.25) is 0 Å². The molecule has 6 nitrogen and oxygen atoms in total. The molecule has 0 saturated carbocycles. The molecule has 0 heterocycles. The molecule has 1 atom stereocenters. The third-order valence-corrected chi connectivity index (χ3v) is 11.1. The maximum Gasteiger partial charge on any atom is 0.306 e. The largest absolute Gasteiger partial charge is 0.462 e. The first-order chi connectivity index (χ1) is 33.0. The van der Waals surface area contributed by atoms with Crippen LogP contribution in [-0.2, 0) is 28.6 Å². The summed E-state index contributed by atoms with van der Waals surface area (Å²) in [5.41, 5.74) is 0. The highest BCUT2D eigenvalue weighted by Gasteiger charge is 2.19. The molecule has 0 spiro atoms. The number of ether oxygens (including phenoxy) is 3. The zero-order valence-electron chi connectivity index (χ0n) is 43.1. The predicted molar refractivity (Wildman–Crippen MR) is 288 cm³/mol. The Morgan fingerprint density at radius 3 is 1.12 bits per heavy atom. The highest BCUT2D eigenvalue weighted by molar-refractivity contribution is 5.71. The van der Waals surface area contributed by atoms with Crippen LogP contribution in [0.1, 0.15) is 226 Å². The average Bonchev–Trinajstić information content (AvgIpc) is 3.33. The Morgan fingerprint density at radius 2 is 0.657 bits per heavy atom. The molecule has 0 N–H and O–H groups in total. The Hall–Kier alpha value is -4.19. The number of hydrogen-bond donors (Lipinski definition) is 0. The molecule has 0 aliphatic heterocycles. The second kappa shape index (κ2) is 54.4. The minimum atomic E-state index is -0.811. The van der Waals surface area contributed by atoms with E-state index in [1.807, 2.05) is 48.6 Å². The molecule has 0 fully saturated rings. The molecule has 0 amide bonds. The number of carbonyl (C=O) groups is 3. The van der Waals surface area contributed by atoms with Gasteiger partial charge in [0, 0.05) is 19.3 Å². The molecule has 0 aromatic carbocycles. The van der Waals surface area contributed by atoms with E-state index in [0.717, 1.165) is 103 Å². The molecule has 0 saturated heterocycles. The molecule has 0 radical (unpaired) electrons. The van der Waals surface area contributed by atoms with Crippen molar-refractivity contribution in [1.29, 1.82) is 0 Å². The van der Waals surface area contributed by atoms with Crippen LogP contribution in [0.15, 0.2) is 122 Å². The standard InChI is InChI=1S/C61H98O6/c1-4-7-10-13-16-19-22-25-28-29-30-31-34-36-39-42-45-48-51-54-60(63)66-57-58(67-61(64)55-52-49-46-43-40-37-33-27-24-21-18-15-12-9-6-3)56-65-59(62)53-50-47-44-41-38-35-32-26-23-20-17-14-11-8-5-2/h7,9-10,12,15-21,23-28,33,37,40,58H,4-6,8,11,13-14,22,29-32,34-36,38-39,41-57H2,1-3H3/b10-7-,12-9-,18-15-,19-16-,20-17-,24-21-,26-23-,28-25-,33-27-,40-37-. The number of rotatable bonds is 47. The average molecular weight is 927 g/mol. The van der Waals surface area contributed by atoms with E-state index in [4.69, 9.17) is 14.2 Å². The van der Waals surface area contributed by atoms with Crippen LogP contribution >= 0.6 is 0 Å². The van der Waals surface area contributed by atoms with Crippen molar-refractivity contribution in [2.45, 2.75) is 232 Å². The zero-order valence-corrected chi connectivity index (χ0v) is 43.1. The fourth-order valence-corrected chi connectivity index (χ4v) is 7.06. The van der Waals surface area contributed by atoms with Gasteiger partial charge in [0.25, 0.3) is 0 Å². The summed E-state index contributed by atoms with van der Waals surface area (Å²) in [4.78, 5) is 38.1. The Kier molecular flexibility index (Phi) is 51.0. The lowest BCUT2D eigenvalue weighted by Gasteiger charge is -2.18. The van der Waals surface area contributed by atoms with Crippen molar-refractivity contribution in [1.82, 2.24) is 0 Å². The summed E-state index contributed by atoms with van der Waals surface area (Å²) in [5, 5.41) is 0. The summed E-state index contributed by atoms with van der Waals surface area (Å²) in [5.74, 6) is -0.969. The number of hydrogen-bond acceptors (Lipinski definition) is 6. The van der Waals surface area contributed by atoms with E-state index in [1.54, 1.807) is 0 Å². The summed E-state index contributed by atoms with van der Waals surface area (Å²) >= 11 is 0. The van der Waals surface area contributed by atoms with E-state index in [2.05, 4.69) is 93.7 Å². The molecule has 1 unspecified atom stereocenters. The topological polar surface area (TPSA) is 78.9 Å². The Balaban J connectivity index is 4.48. The van der Waals surface area contributed by atoms with Gasteiger partial charge in [-0.05, 0) is 96.3 Å². The van der Waals surface area contributed by atoms with E-state index >= 15 is 0 Å². The molecule has 6 heteroatoms. The van der Waals surface area contributed by atoms with Crippen LogP contribution in [-0.4, -0.2) is 37.2 Å². The van der Waals surface area contributed by atoms with Crippen LogP contribution in [0.3, 0.4) is 0 Å². The van der Waals surface area contributed by atoms with E-state index in [-0.39, 0.29) is 37.5 Å². The highest BCUT2D eigenvalue weighted by atomic mass is 16.6. The van der Waals surface area contributed by atoms with Crippen LogP contribution in [0.4, 0.5) is 0 Å². The molecule has 0 aliphatic carbocycles. The van der Waals surface area contributed by atoms with Crippen molar-refractivity contribution in [2.75, 3.05) is 13.2 Å². The molecule has 0 aromatic heterocycles. The lowest BCUT2D eigenvalue weighted by molar-refractivity contribution is -0.167. The number of allylic oxidation sites excluding steroid dienone is 20. The first-order valence-electron chi connectivity index (χ1n) is 27.1. The molecule has 0 aliphatic rings.